The van der Waals surface area contributed by atoms with E-state index in [9.17, 15) is 9.18 Å². The van der Waals surface area contributed by atoms with E-state index in [2.05, 4.69) is 15.4 Å². The van der Waals surface area contributed by atoms with Crippen LogP contribution in [0.3, 0.4) is 0 Å². The van der Waals surface area contributed by atoms with Gasteiger partial charge in [0, 0.05) is 11.4 Å². The van der Waals surface area contributed by atoms with Crippen molar-refractivity contribution in [1.29, 1.82) is 0 Å². The summed E-state index contributed by atoms with van der Waals surface area (Å²) in [6.07, 6.45) is 6.62. The van der Waals surface area contributed by atoms with Gasteiger partial charge in [-0.1, -0.05) is 36.4 Å². The third-order valence-electron chi connectivity index (χ3n) is 6.01. The minimum absolute atomic E-state index is 0.0622. The van der Waals surface area contributed by atoms with Crippen LogP contribution in [0, 0.1) is 5.82 Å². The number of hydrogen-bond acceptors (Lipinski definition) is 7. The molecule has 7 nitrogen and oxygen atoms in total. The largest absolute Gasteiger partial charge is 0.467 e. The number of thioether (sulfide) groups is 1. The van der Waals surface area contributed by atoms with Gasteiger partial charge < -0.3 is 14.5 Å². The van der Waals surface area contributed by atoms with E-state index in [-0.39, 0.29) is 17.9 Å². The first-order valence-electron chi connectivity index (χ1n) is 11.1. The molecule has 1 N–H and O–H groups in total. The Balaban J connectivity index is 1.42. The van der Waals surface area contributed by atoms with Gasteiger partial charge in [-0.3, -0.25) is 0 Å². The molecule has 0 amide bonds. The number of allylic oxidation sites excluding steroid dienone is 1. The number of halogens is 1. The quantitative estimate of drug-likeness (QED) is 0.380. The van der Waals surface area contributed by atoms with Crippen molar-refractivity contribution in [3.8, 4) is 0 Å². The first-order chi connectivity index (χ1) is 16.1. The minimum Gasteiger partial charge on any atom is -0.467 e. The summed E-state index contributed by atoms with van der Waals surface area (Å²) in [6.45, 7) is 1.83. The smallest absolute Gasteiger partial charge is 0.338 e. The number of fused-ring (bicyclic) bond motifs is 1. The maximum Gasteiger partial charge on any atom is 0.338 e. The van der Waals surface area contributed by atoms with Crippen molar-refractivity contribution in [3.05, 3.63) is 71.1 Å². The number of carbonyl (C=O) groups is 1. The average Bonchev–Trinajstić information content (AvgIpc) is 3.48. The molecule has 3 aromatic rings. The molecule has 1 aromatic carbocycles. The monoisotopic (exact) mass is 468 g/mol. The molecular formula is C24H25FN4O3S. The number of carbonyl (C=O) groups excluding carboxylic acids is 1. The van der Waals surface area contributed by atoms with Gasteiger partial charge in [0.1, 0.15) is 23.7 Å². The van der Waals surface area contributed by atoms with E-state index < -0.39 is 6.04 Å². The van der Waals surface area contributed by atoms with Crippen LogP contribution in [0.2, 0.25) is 0 Å². The molecule has 0 bridgehead atoms. The molecule has 33 heavy (non-hydrogen) atoms. The Hall–Kier alpha value is -3.07. The lowest BCUT2D eigenvalue weighted by Gasteiger charge is -2.28. The first kappa shape index (κ1) is 21.8. The summed E-state index contributed by atoms with van der Waals surface area (Å²) in [5.41, 5.74) is 1.69. The van der Waals surface area contributed by atoms with Gasteiger partial charge in [-0.05, 0) is 56.4 Å². The van der Waals surface area contributed by atoms with Crippen molar-refractivity contribution >= 4 is 23.7 Å². The molecule has 5 rings (SSSR count). The van der Waals surface area contributed by atoms with Crippen LogP contribution in [-0.2, 0) is 15.3 Å². The van der Waals surface area contributed by atoms with Crippen LogP contribution < -0.4 is 5.32 Å². The van der Waals surface area contributed by atoms with Crippen LogP contribution in [0.5, 0.6) is 0 Å². The summed E-state index contributed by atoms with van der Waals surface area (Å²) in [5.74, 6) is 0.841. The lowest BCUT2D eigenvalue weighted by Crippen LogP contribution is -2.31. The highest BCUT2D eigenvalue weighted by atomic mass is 32.2. The SMILES string of the molecule is CC1=C(C(=O)OC2CCCCC2)C(c2ccco2)n2nc(SCc3ccccc3F)nc2N1. The third-order valence-corrected chi connectivity index (χ3v) is 6.89. The highest BCUT2D eigenvalue weighted by Crippen LogP contribution is 2.38. The fourth-order valence-corrected chi connectivity index (χ4v) is 5.14. The molecule has 1 aliphatic carbocycles. The zero-order valence-electron chi connectivity index (χ0n) is 18.3. The highest BCUT2D eigenvalue weighted by Gasteiger charge is 2.37. The van der Waals surface area contributed by atoms with E-state index in [0.29, 0.717) is 39.5 Å². The van der Waals surface area contributed by atoms with Crippen LogP contribution in [-0.4, -0.2) is 26.8 Å². The normalized spacial score (nSPS) is 18.7. The summed E-state index contributed by atoms with van der Waals surface area (Å²) < 4.78 is 27.2. The number of hydrogen-bond donors (Lipinski definition) is 1. The Kier molecular flexibility index (Phi) is 6.22. The zero-order valence-corrected chi connectivity index (χ0v) is 19.1. The Morgan fingerprint density at radius 2 is 2.06 bits per heavy atom. The Labute approximate surface area is 195 Å². The second-order valence-electron chi connectivity index (χ2n) is 8.29. The molecule has 1 aliphatic heterocycles. The molecule has 2 aliphatic rings. The van der Waals surface area contributed by atoms with E-state index in [1.54, 1.807) is 35.2 Å². The highest BCUT2D eigenvalue weighted by molar-refractivity contribution is 7.98. The molecule has 172 valence electrons. The van der Waals surface area contributed by atoms with Crippen LogP contribution in [0.15, 0.2) is 63.5 Å². The first-order valence-corrected chi connectivity index (χ1v) is 12.1. The van der Waals surface area contributed by atoms with Gasteiger partial charge >= 0.3 is 5.97 Å². The summed E-state index contributed by atoms with van der Waals surface area (Å²) in [6, 6.07) is 9.65. The second kappa shape index (κ2) is 9.43. The number of ether oxygens (including phenoxy) is 1. The molecule has 0 radical (unpaired) electrons. The third kappa shape index (κ3) is 4.55. The Morgan fingerprint density at radius 1 is 1.24 bits per heavy atom. The van der Waals surface area contributed by atoms with Crippen molar-refractivity contribution < 1.29 is 18.3 Å². The molecule has 0 spiro atoms. The zero-order chi connectivity index (χ0) is 22.8. The average molecular weight is 469 g/mol. The number of nitrogens with zero attached hydrogens (tertiary/aromatic N) is 3. The van der Waals surface area contributed by atoms with Crippen molar-refractivity contribution in [2.45, 2.75) is 62.1 Å². The summed E-state index contributed by atoms with van der Waals surface area (Å²) in [5, 5.41) is 8.30. The maximum absolute atomic E-state index is 14.0. The molecule has 1 saturated carbocycles. The predicted octanol–water partition coefficient (Wildman–Crippen LogP) is 5.47. The number of benzene rings is 1. The lowest BCUT2D eigenvalue weighted by molar-refractivity contribution is -0.146. The van der Waals surface area contributed by atoms with Gasteiger partial charge in [0.15, 0.2) is 0 Å². The van der Waals surface area contributed by atoms with Crippen LogP contribution >= 0.6 is 11.8 Å². The van der Waals surface area contributed by atoms with Gasteiger partial charge in [-0.15, -0.1) is 5.10 Å². The van der Waals surface area contributed by atoms with E-state index in [0.717, 1.165) is 25.7 Å². The van der Waals surface area contributed by atoms with E-state index in [4.69, 9.17) is 9.15 Å². The topological polar surface area (TPSA) is 82.2 Å². The molecular weight excluding hydrogens is 443 g/mol. The van der Waals surface area contributed by atoms with Crippen molar-refractivity contribution in [2.75, 3.05) is 5.32 Å². The van der Waals surface area contributed by atoms with Crippen molar-refractivity contribution in [1.82, 2.24) is 14.8 Å². The molecule has 9 heteroatoms. The molecule has 1 unspecified atom stereocenters. The Morgan fingerprint density at radius 3 is 2.82 bits per heavy atom. The van der Waals surface area contributed by atoms with Gasteiger partial charge in [-0.2, -0.15) is 4.98 Å². The molecule has 0 saturated heterocycles. The van der Waals surface area contributed by atoms with Crippen LogP contribution in [0.25, 0.3) is 0 Å². The van der Waals surface area contributed by atoms with E-state index in [1.807, 2.05) is 13.0 Å². The number of nitrogens with one attached hydrogen (secondary N) is 1. The molecule has 3 heterocycles. The van der Waals surface area contributed by atoms with E-state index >= 15 is 0 Å². The predicted molar refractivity (Wildman–Crippen MR) is 122 cm³/mol. The van der Waals surface area contributed by atoms with Gasteiger partial charge in [0.05, 0.1) is 11.8 Å². The summed E-state index contributed by atoms with van der Waals surface area (Å²) >= 11 is 1.33. The van der Waals surface area contributed by atoms with Gasteiger partial charge in [0.25, 0.3) is 0 Å². The van der Waals surface area contributed by atoms with Gasteiger partial charge in [0.2, 0.25) is 11.1 Å². The fraction of sp³-hybridized carbons (Fsp3) is 0.375. The number of rotatable bonds is 6. The molecule has 1 atom stereocenters. The number of esters is 1. The second-order valence-corrected chi connectivity index (χ2v) is 9.23. The van der Waals surface area contributed by atoms with E-state index in [1.165, 1.54) is 24.2 Å². The van der Waals surface area contributed by atoms with Crippen LogP contribution in [0.1, 0.15) is 56.4 Å². The van der Waals surface area contributed by atoms with Gasteiger partial charge in [-0.25, -0.2) is 13.9 Å². The number of furan rings is 1. The van der Waals surface area contributed by atoms with Crippen molar-refractivity contribution in [3.63, 3.8) is 0 Å². The number of anilines is 1. The van der Waals surface area contributed by atoms with Crippen LogP contribution in [0.4, 0.5) is 10.3 Å². The number of aromatic nitrogens is 3. The molecule has 2 aromatic heterocycles. The standard InChI is InChI=1S/C24H25FN4O3S/c1-15-20(22(30)32-17-9-3-2-4-10-17)21(19-12-7-13-31-19)29-23(26-15)27-24(28-29)33-14-16-8-5-6-11-18(16)25/h5-8,11-13,17,21H,2-4,9-10,14H2,1H3,(H,26,27,28). The fourth-order valence-electron chi connectivity index (χ4n) is 4.32. The maximum atomic E-state index is 14.0. The molecule has 1 fully saturated rings. The van der Waals surface area contributed by atoms with Crippen molar-refractivity contribution in [2.24, 2.45) is 0 Å². The Bertz CT molecular complexity index is 1170. The summed E-state index contributed by atoms with van der Waals surface area (Å²) in [4.78, 5) is 17.8. The minimum atomic E-state index is -0.595. The lowest BCUT2D eigenvalue weighted by atomic mass is 9.97. The summed E-state index contributed by atoms with van der Waals surface area (Å²) in [7, 11) is 0.